The Kier molecular flexibility index (Phi) is 4.65. The first-order valence-corrected chi connectivity index (χ1v) is 5.14. The van der Waals surface area contributed by atoms with Crippen molar-refractivity contribution in [3.8, 4) is 5.75 Å². The van der Waals surface area contributed by atoms with Crippen molar-refractivity contribution in [3.05, 3.63) is 27.8 Å². The van der Waals surface area contributed by atoms with E-state index in [1.54, 1.807) is 24.3 Å². The molecule has 84 valence electrons. The minimum Gasteiger partial charge on any atom is -0.491 e. The molecule has 0 atom stereocenters. The Morgan fingerprint density at radius 3 is 2.20 bits per heavy atom. The molecule has 0 radical (unpaired) electrons. The van der Waals surface area contributed by atoms with Gasteiger partial charge in [0.2, 0.25) is 0 Å². The van der Waals surface area contributed by atoms with E-state index in [1.165, 1.54) is 0 Å². The van der Waals surface area contributed by atoms with Gasteiger partial charge in [0, 0.05) is 3.57 Å². The summed E-state index contributed by atoms with van der Waals surface area (Å²) >= 11 is 2.12. The lowest BCUT2D eigenvalue weighted by Gasteiger charge is -2.08. The van der Waals surface area contributed by atoms with Gasteiger partial charge in [-0.05, 0) is 46.9 Å². The first-order chi connectivity index (χ1) is 6.97. The van der Waals surface area contributed by atoms with Crippen LogP contribution in [0, 0.1) is 3.57 Å². The third-order valence-corrected chi connectivity index (χ3v) is 2.15. The monoisotopic (exact) mass is 332 g/mol. The maximum atomic E-state index is 11.6. The van der Waals surface area contributed by atoms with Crippen LogP contribution in [0.15, 0.2) is 24.3 Å². The smallest absolute Gasteiger partial charge is 0.491 e. The van der Waals surface area contributed by atoms with Crippen LogP contribution in [-0.2, 0) is 4.74 Å². The molecule has 0 N–H and O–H groups in total. The zero-order valence-electron chi connectivity index (χ0n) is 7.55. The lowest BCUT2D eigenvalue weighted by molar-refractivity contribution is -0.325. The third kappa shape index (κ3) is 5.83. The molecule has 0 aromatic heterocycles. The number of hydrogen-bond acceptors (Lipinski definition) is 2. The van der Waals surface area contributed by atoms with E-state index in [0.29, 0.717) is 5.75 Å². The summed E-state index contributed by atoms with van der Waals surface area (Å²) in [6, 6.07) is 6.99. The predicted molar refractivity (Wildman–Crippen MR) is 56.7 cm³/mol. The van der Waals surface area contributed by atoms with Crippen molar-refractivity contribution in [2.24, 2.45) is 0 Å². The number of rotatable bonds is 4. The summed E-state index contributed by atoms with van der Waals surface area (Å²) in [4.78, 5) is 0. The number of benzene rings is 1. The van der Waals surface area contributed by atoms with Crippen LogP contribution in [-0.4, -0.2) is 19.6 Å². The Labute approximate surface area is 98.5 Å². The highest BCUT2D eigenvalue weighted by Gasteiger charge is 2.28. The predicted octanol–water partition coefficient (Wildman–Crippen LogP) is 3.21. The zero-order chi connectivity index (χ0) is 11.3. The van der Waals surface area contributed by atoms with Crippen molar-refractivity contribution in [2.45, 2.75) is 6.36 Å². The molecule has 0 saturated carbocycles. The average molecular weight is 332 g/mol. The summed E-state index contributed by atoms with van der Waals surface area (Å²) in [5.41, 5.74) is 0. The van der Waals surface area contributed by atoms with Crippen LogP contribution in [0.1, 0.15) is 0 Å². The largest absolute Gasteiger partial charge is 0.522 e. The fourth-order valence-corrected chi connectivity index (χ4v) is 1.21. The second kappa shape index (κ2) is 5.55. The van der Waals surface area contributed by atoms with E-state index in [4.69, 9.17) is 4.74 Å². The van der Waals surface area contributed by atoms with Crippen molar-refractivity contribution < 1.29 is 22.6 Å². The van der Waals surface area contributed by atoms with Crippen LogP contribution in [0.4, 0.5) is 13.2 Å². The molecule has 0 aliphatic rings. The first kappa shape index (κ1) is 12.6. The van der Waals surface area contributed by atoms with Gasteiger partial charge in [-0.2, -0.15) is 0 Å². The molecule has 0 aliphatic carbocycles. The van der Waals surface area contributed by atoms with Gasteiger partial charge in [0.05, 0.1) is 6.61 Å². The minimum atomic E-state index is -4.59. The van der Waals surface area contributed by atoms with E-state index in [9.17, 15) is 13.2 Å². The number of ether oxygens (including phenoxy) is 2. The highest BCUT2D eigenvalue weighted by molar-refractivity contribution is 14.1. The van der Waals surface area contributed by atoms with E-state index in [0.717, 1.165) is 3.57 Å². The second-order valence-electron chi connectivity index (χ2n) is 2.60. The minimum absolute atomic E-state index is 0.125. The normalized spacial score (nSPS) is 11.5. The number of alkyl halides is 3. The van der Waals surface area contributed by atoms with E-state index in [2.05, 4.69) is 27.3 Å². The Morgan fingerprint density at radius 1 is 1.07 bits per heavy atom. The van der Waals surface area contributed by atoms with E-state index in [-0.39, 0.29) is 6.61 Å². The molecule has 0 amide bonds. The van der Waals surface area contributed by atoms with Crippen LogP contribution >= 0.6 is 22.6 Å². The molecule has 0 fully saturated rings. The van der Waals surface area contributed by atoms with Crippen LogP contribution < -0.4 is 4.74 Å². The fourth-order valence-electron chi connectivity index (χ4n) is 0.848. The van der Waals surface area contributed by atoms with Crippen molar-refractivity contribution >= 4 is 22.6 Å². The Bertz CT molecular complexity index is 297. The van der Waals surface area contributed by atoms with E-state index in [1.807, 2.05) is 0 Å². The standard InChI is InChI=1S/C9H8F3IO2/c10-9(11,12)15-6-5-14-8-3-1-7(13)2-4-8/h1-4H,5-6H2. The van der Waals surface area contributed by atoms with E-state index >= 15 is 0 Å². The topological polar surface area (TPSA) is 18.5 Å². The lowest BCUT2D eigenvalue weighted by Crippen LogP contribution is -2.18. The average Bonchev–Trinajstić information content (AvgIpc) is 2.14. The molecule has 2 nitrogen and oxygen atoms in total. The van der Waals surface area contributed by atoms with Gasteiger partial charge in [-0.1, -0.05) is 0 Å². The van der Waals surface area contributed by atoms with Gasteiger partial charge in [0.1, 0.15) is 12.4 Å². The maximum absolute atomic E-state index is 11.6. The quantitative estimate of drug-likeness (QED) is 0.623. The molecular formula is C9H8F3IO2. The van der Waals surface area contributed by atoms with Crippen molar-refractivity contribution in [3.63, 3.8) is 0 Å². The molecule has 1 aromatic rings. The van der Waals surface area contributed by atoms with Gasteiger partial charge in [-0.25, -0.2) is 0 Å². The summed E-state index contributed by atoms with van der Waals surface area (Å²) in [5.74, 6) is 0.529. The summed E-state index contributed by atoms with van der Waals surface area (Å²) in [7, 11) is 0. The molecule has 0 saturated heterocycles. The van der Waals surface area contributed by atoms with E-state index < -0.39 is 13.0 Å². The van der Waals surface area contributed by atoms with Gasteiger partial charge in [-0.15, -0.1) is 13.2 Å². The Hall–Kier alpha value is -0.500. The van der Waals surface area contributed by atoms with Gasteiger partial charge >= 0.3 is 6.36 Å². The van der Waals surface area contributed by atoms with Gasteiger partial charge in [-0.3, -0.25) is 4.74 Å². The molecular weight excluding hydrogens is 324 g/mol. The highest BCUT2D eigenvalue weighted by Crippen LogP contribution is 2.16. The number of halogens is 4. The summed E-state index contributed by atoms with van der Waals surface area (Å²) in [5, 5.41) is 0. The van der Waals surface area contributed by atoms with Gasteiger partial charge in [0.15, 0.2) is 0 Å². The molecule has 0 aliphatic heterocycles. The van der Waals surface area contributed by atoms with Crippen molar-refractivity contribution in [2.75, 3.05) is 13.2 Å². The highest BCUT2D eigenvalue weighted by atomic mass is 127. The summed E-state index contributed by atoms with van der Waals surface area (Å²) in [6.45, 7) is -0.629. The summed E-state index contributed by atoms with van der Waals surface area (Å²) in [6.07, 6.45) is -4.59. The Balaban J connectivity index is 2.23. The number of hydrogen-bond donors (Lipinski definition) is 0. The molecule has 0 unspecified atom stereocenters. The van der Waals surface area contributed by atoms with Crippen molar-refractivity contribution in [1.82, 2.24) is 0 Å². The second-order valence-corrected chi connectivity index (χ2v) is 3.84. The SMILES string of the molecule is FC(F)(F)OCCOc1ccc(I)cc1. The molecule has 1 aromatic carbocycles. The van der Waals surface area contributed by atoms with Gasteiger partial charge < -0.3 is 4.74 Å². The van der Waals surface area contributed by atoms with Crippen LogP contribution in [0.25, 0.3) is 0 Å². The van der Waals surface area contributed by atoms with Crippen LogP contribution in [0.3, 0.4) is 0 Å². The van der Waals surface area contributed by atoms with Crippen LogP contribution in [0.2, 0.25) is 0 Å². The molecule has 0 bridgehead atoms. The fraction of sp³-hybridized carbons (Fsp3) is 0.333. The molecule has 0 heterocycles. The summed E-state index contributed by atoms with van der Waals surface area (Å²) < 4.78 is 44.3. The molecule has 15 heavy (non-hydrogen) atoms. The molecule has 6 heteroatoms. The Morgan fingerprint density at radius 2 is 1.67 bits per heavy atom. The molecule has 1 rings (SSSR count). The first-order valence-electron chi connectivity index (χ1n) is 4.06. The molecule has 0 spiro atoms. The van der Waals surface area contributed by atoms with Gasteiger partial charge in [0.25, 0.3) is 0 Å². The maximum Gasteiger partial charge on any atom is 0.522 e. The third-order valence-electron chi connectivity index (χ3n) is 1.43. The van der Waals surface area contributed by atoms with Crippen molar-refractivity contribution in [1.29, 1.82) is 0 Å². The zero-order valence-corrected chi connectivity index (χ0v) is 9.71. The lowest BCUT2D eigenvalue weighted by atomic mass is 10.3. The van der Waals surface area contributed by atoms with Crippen LogP contribution in [0.5, 0.6) is 5.75 Å².